The number of fused-ring (bicyclic) bond motifs is 2. The molecule has 4 aliphatic rings. The second-order valence-corrected chi connectivity index (χ2v) is 7.92. The molecule has 3 atom stereocenters. The summed E-state index contributed by atoms with van der Waals surface area (Å²) in [7, 11) is 0. The SMILES string of the molecule is CC(C)NC(=O)N1C[C@@H](c2cc(F)cc(F)c2)[C@@H]2[C@H]1C1CCN2CC1. The molecule has 25 heavy (non-hydrogen) atoms. The zero-order chi connectivity index (χ0) is 17.7. The standard InChI is InChI=1S/C19H25F2N3O/c1-11(2)22-19(25)24-10-16(13-7-14(20)9-15(21)8-13)18-17(24)12-3-5-23(18)6-4-12/h7-9,11-12,16-18H,3-6,10H2,1-2H3,(H,22,25)/t16-,17+,18+/m0/s1. The molecule has 6 heteroatoms. The second-order valence-electron chi connectivity index (χ2n) is 7.92. The zero-order valence-electron chi connectivity index (χ0n) is 14.7. The van der Waals surface area contributed by atoms with E-state index in [9.17, 15) is 13.6 Å². The summed E-state index contributed by atoms with van der Waals surface area (Å²) in [6.07, 6.45) is 2.19. The Morgan fingerprint density at radius 1 is 1.12 bits per heavy atom. The summed E-state index contributed by atoms with van der Waals surface area (Å²) in [5, 5.41) is 2.99. The van der Waals surface area contributed by atoms with Gasteiger partial charge in [0.25, 0.3) is 0 Å². The van der Waals surface area contributed by atoms with E-state index < -0.39 is 11.6 Å². The molecule has 0 spiro atoms. The van der Waals surface area contributed by atoms with E-state index in [1.165, 1.54) is 12.1 Å². The third kappa shape index (κ3) is 2.90. The summed E-state index contributed by atoms with van der Waals surface area (Å²) in [4.78, 5) is 17.1. The van der Waals surface area contributed by atoms with E-state index in [1.807, 2.05) is 18.7 Å². The maximum atomic E-state index is 13.8. The number of nitrogens with zero attached hydrogens (tertiary/aromatic N) is 2. The Morgan fingerprint density at radius 2 is 1.76 bits per heavy atom. The van der Waals surface area contributed by atoms with Gasteiger partial charge in [-0.3, -0.25) is 4.90 Å². The van der Waals surface area contributed by atoms with Crippen molar-refractivity contribution in [1.82, 2.24) is 15.1 Å². The Hall–Kier alpha value is -1.69. The summed E-state index contributed by atoms with van der Waals surface area (Å²) in [5.74, 6) is -0.660. The predicted molar refractivity (Wildman–Crippen MR) is 91.3 cm³/mol. The molecule has 5 rings (SSSR count). The lowest BCUT2D eigenvalue weighted by atomic mass is 9.75. The minimum Gasteiger partial charge on any atom is -0.336 e. The van der Waals surface area contributed by atoms with Crippen LogP contribution < -0.4 is 5.32 Å². The summed E-state index contributed by atoms with van der Waals surface area (Å²) in [6.45, 7) is 6.44. The molecule has 4 saturated heterocycles. The zero-order valence-corrected chi connectivity index (χ0v) is 14.7. The van der Waals surface area contributed by atoms with E-state index in [0.717, 1.165) is 32.0 Å². The quantitative estimate of drug-likeness (QED) is 0.891. The van der Waals surface area contributed by atoms with Crippen LogP contribution in [0.2, 0.25) is 0 Å². The van der Waals surface area contributed by atoms with Gasteiger partial charge in [-0.15, -0.1) is 0 Å². The minimum absolute atomic E-state index is 0.0452. The van der Waals surface area contributed by atoms with E-state index >= 15 is 0 Å². The van der Waals surface area contributed by atoms with E-state index in [4.69, 9.17) is 0 Å². The van der Waals surface area contributed by atoms with Crippen molar-refractivity contribution in [3.63, 3.8) is 0 Å². The summed E-state index contributed by atoms with van der Waals surface area (Å²) in [5.41, 5.74) is 0.667. The fourth-order valence-electron chi connectivity index (χ4n) is 5.07. The van der Waals surface area contributed by atoms with Crippen LogP contribution in [-0.4, -0.2) is 53.6 Å². The van der Waals surface area contributed by atoms with Gasteiger partial charge in [-0.25, -0.2) is 13.6 Å². The number of urea groups is 1. The van der Waals surface area contributed by atoms with Gasteiger partial charge in [0.2, 0.25) is 0 Å². The molecule has 0 aliphatic carbocycles. The van der Waals surface area contributed by atoms with Gasteiger partial charge in [0.05, 0.1) is 6.04 Å². The topological polar surface area (TPSA) is 35.6 Å². The lowest BCUT2D eigenvalue weighted by molar-refractivity contribution is 0.00333. The molecular formula is C19H25F2N3O. The van der Waals surface area contributed by atoms with E-state index in [1.54, 1.807) is 0 Å². The first-order valence-electron chi connectivity index (χ1n) is 9.21. The third-order valence-corrected chi connectivity index (χ3v) is 5.98. The van der Waals surface area contributed by atoms with Gasteiger partial charge >= 0.3 is 6.03 Å². The van der Waals surface area contributed by atoms with Crippen LogP contribution in [0.1, 0.15) is 38.2 Å². The number of halogens is 2. The van der Waals surface area contributed by atoms with Crippen molar-refractivity contribution < 1.29 is 13.6 Å². The Labute approximate surface area is 147 Å². The van der Waals surface area contributed by atoms with Gasteiger partial charge in [-0.2, -0.15) is 0 Å². The highest BCUT2D eigenvalue weighted by Gasteiger charge is 2.54. The monoisotopic (exact) mass is 349 g/mol. The molecule has 0 radical (unpaired) electrons. The molecule has 4 fully saturated rings. The summed E-state index contributed by atoms with van der Waals surface area (Å²) >= 11 is 0. The van der Waals surface area contributed by atoms with Crippen LogP contribution in [0.3, 0.4) is 0 Å². The van der Waals surface area contributed by atoms with Crippen LogP contribution in [0.5, 0.6) is 0 Å². The fraction of sp³-hybridized carbons (Fsp3) is 0.632. The first-order chi connectivity index (χ1) is 11.9. The maximum Gasteiger partial charge on any atom is 0.317 e. The molecule has 2 amide bonds. The first-order valence-corrected chi connectivity index (χ1v) is 9.21. The van der Waals surface area contributed by atoms with Gasteiger partial charge in [0.15, 0.2) is 0 Å². The lowest BCUT2D eigenvalue weighted by Gasteiger charge is -2.51. The van der Waals surface area contributed by atoms with Crippen LogP contribution in [0.25, 0.3) is 0 Å². The minimum atomic E-state index is -0.549. The maximum absolute atomic E-state index is 13.8. The van der Waals surface area contributed by atoms with E-state index in [-0.39, 0.29) is 30.1 Å². The number of carbonyl (C=O) groups excluding carboxylic acids is 1. The molecule has 4 nitrogen and oxygen atoms in total. The number of piperidine rings is 3. The molecule has 1 aromatic rings. The molecule has 4 aliphatic heterocycles. The van der Waals surface area contributed by atoms with Crippen molar-refractivity contribution >= 4 is 6.03 Å². The highest BCUT2D eigenvalue weighted by atomic mass is 19.1. The first kappa shape index (κ1) is 16.8. The molecule has 0 unspecified atom stereocenters. The normalized spacial score (nSPS) is 33.6. The van der Waals surface area contributed by atoms with Gasteiger partial charge < -0.3 is 10.2 Å². The second kappa shape index (κ2) is 6.24. The third-order valence-electron chi connectivity index (χ3n) is 5.98. The molecule has 2 bridgehead atoms. The van der Waals surface area contributed by atoms with E-state index in [2.05, 4.69) is 10.2 Å². The van der Waals surface area contributed by atoms with Gasteiger partial charge in [0, 0.05) is 30.6 Å². The van der Waals surface area contributed by atoms with Gasteiger partial charge in [-0.1, -0.05) is 0 Å². The van der Waals surface area contributed by atoms with Crippen molar-refractivity contribution in [2.24, 2.45) is 5.92 Å². The van der Waals surface area contributed by atoms with Crippen molar-refractivity contribution in [3.05, 3.63) is 35.4 Å². The number of nitrogens with one attached hydrogen (secondary N) is 1. The van der Waals surface area contributed by atoms with Crippen LogP contribution in [-0.2, 0) is 0 Å². The van der Waals surface area contributed by atoms with Crippen molar-refractivity contribution in [3.8, 4) is 0 Å². The number of hydrogen-bond acceptors (Lipinski definition) is 2. The van der Waals surface area contributed by atoms with Crippen molar-refractivity contribution in [2.75, 3.05) is 19.6 Å². The Kier molecular flexibility index (Phi) is 4.18. The average molecular weight is 349 g/mol. The molecule has 136 valence electrons. The Morgan fingerprint density at radius 3 is 2.36 bits per heavy atom. The molecule has 1 aromatic carbocycles. The number of hydrogen-bond donors (Lipinski definition) is 1. The van der Waals surface area contributed by atoms with Crippen molar-refractivity contribution in [2.45, 2.75) is 50.7 Å². The Balaban J connectivity index is 1.69. The lowest BCUT2D eigenvalue weighted by Crippen LogP contribution is -2.61. The van der Waals surface area contributed by atoms with Gasteiger partial charge in [-0.05, 0) is 63.4 Å². The number of likely N-dealkylation sites (tertiary alicyclic amines) is 1. The fourth-order valence-corrected chi connectivity index (χ4v) is 5.07. The van der Waals surface area contributed by atoms with Crippen molar-refractivity contribution in [1.29, 1.82) is 0 Å². The average Bonchev–Trinajstić information content (AvgIpc) is 2.97. The largest absolute Gasteiger partial charge is 0.336 e. The van der Waals surface area contributed by atoms with Crippen LogP contribution in [0.15, 0.2) is 18.2 Å². The summed E-state index contributed by atoms with van der Waals surface area (Å²) < 4.78 is 27.5. The highest BCUT2D eigenvalue weighted by molar-refractivity contribution is 5.75. The van der Waals surface area contributed by atoms with Crippen LogP contribution >= 0.6 is 0 Å². The molecule has 0 aromatic heterocycles. The molecular weight excluding hydrogens is 324 g/mol. The van der Waals surface area contributed by atoms with Gasteiger partial charge in [0.1, 0.15) is 11.6 Å². The molecule has 0 saturated carbocycles. The predicted octanol–water partition coefficient (Wildman–Crippen LogP) is 2.94. The number of benzene rings is 1. The number of amides is 2. The van der Waals surface area contributed by atoms with Crippen LogP contribution in [0.4, 0.5) is 13.6 Å². The molecule has 4 heterocycles. The molecule has 1 N–H and O–H groups in total. The number of rotatable bonds is 2. The Bertz CT molecular complexity index is 652. The summed E-state index contributed by atoms with van der Waals surface area (Å²) in [6, 6.07) is 4.07. The number of carbonyl (C=O) groups is 1. The smallest absolute Gasteiger partial charge is 0.317 e. The van der Waals surface area contributed by atoms with Crippen LogP contribution in [0, 0.1) is 17.6 Å². The van der Waals surface area contributed by atoms with E-state index in [0.29, 0.717) is 18.0 Å². The highest BCUT2D eigenvalue weighted by Crippen LogP contribution is 2.46.